The van der Waals surface area contributed by atoms with Gasteiger partial charge < -0.3 is 10.6 Å². The molecular weight excluding hydrogens is 212 g/mol. The first kappa shape index (κ1) is 13.7. The first-order valence-corrected chi connectivity index (χ1v) is 6.17. The second-order valence-corrected chi connectivity index (χ2v) is 4.56. The van der Waals surface area contributed by atoms with Crippen molar-refractivity contribution in [2.45, 2.75) is 39.3 Å². The fourth-order valence-corrected chi connectivity index (χ4v) is 1.66. The molecule has 1 atom stereocenters. The van der Waals surface area contributed by atoms with Gasteiger partial charge in [-0.05, 0) is 26.3 Å². The summed E-state index contributed by atoms with van der Waals surface area (Å²) in [5.41, 5.74) is 1.25. The van der Waals surface area contributed by atoms with Crippen LogP contribution < -0.4 is 10.6 Å². The van der Waals surface area contributed by atoms with Crippen LogP contribution in [0, 0.1) is 0 Å². The van der Waals surface area contributed by atoms with E-state index in [1.165, 1.54) is 5.56 Å². The molecule has 1 unspecified atom stereocenters. The highest BCUT2D eigenvalue weighted by atomic mass is 16.1. The van der Waals surface area contributed by atoms with Gasteiger partial charge in [-0.1, -0.05) is 30.3 Å². The first-order chi connectivity index (χ1) is 8.09. The third kappa shape index (κ3) is 5.50. The Labute approximate surface area is 104 Å². The van der Waals surface area contributed by atoms with Crippen LogP contribution in [-0.4, -0.2) is 18.5 Å². The molecule has 3 nitrogen and oxygen atoms in total. The third-order valence-corrected chi connectivity index (χ3v) is 2.55. The highest BCUT2D eigenvalue weighted by Gasteiger charge is 2.06. The van der Waals surface area contributed by atoms with Crippen molar-refractivity contribution in [2.24, 2.45) is 0 Å². The minimum atomic E-state index is 0.104. The van der Waals surface area contributed by atoms with Gasteiger partial charge in [-0.15, -0.1) is 0 Å². The summed E-state index contributed by atoms with van der Waals surface area (Å²) in [5, 5.41) is 6.22. The molecule has 0 aromatic heterocycles. The lowest BCUT2D eigenvalue weighted by molar-refractivity contribution is -0.121. The Bertz CT molecular complexity index is 335. The molecule has 0 saturated carbocycles. The number of rotatable bonds is 6. The third-order valence-electron chi connectivity index (χ3n) is 2.55. The van der Waals surface area contributed by atoms with Gasteiger partial charge in [0, 0.05) is 25.0 Å². The van der Waals surface area contributed by atoms with E-state index in [-0.39, 0.29) is 18.0 Å². The molecule has 1 aromatic rings. The van der Waals surface area contributed by atoms with E-state index in [2.05, 4.69) is 29.7 Å². The lowest BCUT2D eigenvalue weighted by atomic mass is 10.1. The molecule has 17 heavy (non-hydrogen) atoms. The van der Waals surface area contributed by atoms with Gasteiger partial charge in [-0.3, -0.25) is 4.79 Å². The molecular formula is C14H22N2O. The van der Waals surface area contributed by atoms with Gasteiger partial charge in [0.15, 0.2) is 0 Å². The Morgan fingerprint density at radius 3 is 2.41 bits per heavy atom. The molecule has 0 heterocycles. The van der Waals surface area contributed by atoms with Crippen LogP contribution in [0.2, 0.25) is 0 Å². The number of amides is 1. The molecule has 0 aliphatic rings. The van der Waals surface area contributed by atoms with Gasteiger partial charge in [0.2, 0.25) is 5.91 Å². The molecule has 0 fully saturated rings. The number of benzene rings is 1. The lowest BCUT2D eigenvalue weighted by Gasteiger charge is -2.14. The van der Waals surface area contributed by atoms with Crippen molar-refractivity contribution in [3.8, 4) is 0 Å². The molecule has 0 aliphatic heterocycles. The van der Waals surface area contributed by atoms with E-state index in [0.29, 0.717) is 13.0 Å². The molecule has 0 spiro atoms. The fraction of sp³-hybridized carbons (Fsp3) is 0.500. The molecule has 0 saturated heterocycles. The molecule has 0 radical (unpaired) electrons. The number of hydrogen-bond acceptors (Lipinski definition) is 2. The van der Waals surface area contributed by atoms with Crippen molar-refractivity contribution in [2.75, 3.05) is 6.54 Å². The number of carbonyl (C=O) groups excluding carboxylic acids is 1. The number of hydrogen-bond donors (Lipinski definition) is 2. The van der Waals surface area contributed by atoms with Crippen molar-refractivity contribution < 1.29 is 4.79 Å². The monoisotopic (exact) mass is 234 g/mol. The van der Waals surface area contributed by atoms with Gasteiger partial charge in [0.1, 0.15) is 0 Å². The Balaban J connectivity index is 2.25. The van der Waals surface area contributed by atoms with E-state index >= 15 is 0 Å². The average Bonchev–Trinajstić information content (AvgIpc) is 2.29. The highest BCUT2D eigenvalue weighted by Crippen LogP contribution is 2.10. The maximum Gasteiger partial charge on any atom is 0.221 e. The second kappa shape index (κ2) is 7.07. The summed E-state index contributed by atoms with van der Waals surface area (Å²) in [7, 11) is 0. The van der Waals surface area contributed by atoms with E-state index in [1.807, 2.05) is 32.0 Å². The zero-order valence-corrected chi connectivity index (χ0v) is 10.9. The fourth-order valence-electron chi connectivity index (χ4n) is 1.66. The van der Waals surface area contributed by atoms with Gasteiger partial charge in [-0.2, -0.15) is 0 Å². The summed E-state index contributed by atoms with van der Waals surface area (Å²) in [6, 6.07) is 10.7. The van der Waals surface area contributed by atoms with Crippen LogP contribution in [0.4, 0.5) is 0 Å². The molecule has 1 aromatic carbocycles. The maximum absolute atomic E-state index is 11.4. The second-order valence-electron chi connectivity index (χ2n) is 4.56. The molecule has 2 N–H and O–H groups in total. The Morgan fingerprint density at radius 2 is 1.82 bits per heavy atom. The Kier molecular flexibility index (Phi) is 5.70. The van der Waals surface area contributed by atoms with Gasteiger partial charge in [-0.25, -0.2) is 0 Å². The molecule has 0 aliphatic carbocycles. The first-order valence-electron chi connectivity index (χ1n) is 6.17. The standard InChI is InChI=1S/C14H22N2O/c1-11(2)16-14(17)9-10-15-12(3)13-7-5-4-6-8-13/h4-8,11-12,15H,9-10H2,1-3H3,(H,16,17). The quantitative estimate of drug-likeness (QED) is 0.792. The van der Waals surface area contributed by atoms with Gasteiger partial charge >= 0.3 is 0 Å². The van der Waals surface area contributed by atoms with Crippen LogP contribution in [0.1, 0.15) is 38.8 Å². The van der Waals surface area contributed by atoms with Crippen LogP contribution >= 0.6 is 0 Å². The molecule has 1 rings (SSSR count). The zero-order chi connectivity index (χ0) is 12.7. The minimum absolute atomic E-state index is 0.104. The summed E-state index contributed by atoms with van der Waals surface area (Å²) in [6.45, 7) is 6.75. The van der Waals surface area contributed by atoms with Crippen LogP contribution in [0.5, 0.6) is 0 Å². The molecule has 94 valence electrons. The van der Waals surface area contributed by atoms with E-state index in [9.17, 15) is 4.79 Å². The van der Waals surface area contributed by atoms with E-state index in [1.54, 1.807) is 0 Å². The summed E-state index contributed by atoms with van der Waals surface area (Å²) >= 11 is 0. The lowest BCUT2D eigenvalue weighted by Crippen LogP contribution is -2.33. The van der Waals surface area contributed by atoms with Gasteiger partial charge in [0.25, 0.3) is 0 Å². The minimum Gasteiger partial charge on any atom is -0.354 e. The maximum atomic E-state index is 11.4. The van der Waals surface area contributed by atoms with Crippen LogP contribution in [0.3, 0.4) is 0 Å². The van der Waals surface area contributed by atoms with Crippen molar-refractivity contribution in [3.63, 3.8) is 0 Å². The normalized spacial score (nSPS) is 12.5. The zero-order valence-electron chi connectivity index (χ0n) is 10.9. The van der Waals surface area contributed by atoms with Crippen molar-refractivity contribution in [1.29, 1.82) is 0 Å². The van der Waals surface area contributed by atoms with Crippen molar-refractivity contribution in [3.05, 3.63) is 35.9 Å². The number of nitrogens with one attached hydrogen (secondary N) is 2. The summed E-state index contributed by atoms with van der Waals surface area (Å²) in [5.74, 6) is 0.104. The highest BCUT2D eigenvalue weighted by molar-refractivity contribution is 5.76. The van der Waals surface area contributed by atoms with E-state index < -0.39 is 0 Å². The Morgan fingerprint density at radius 1 is 1.18 bits per heavy atom. The SMILES string of the molecule is CC(C)NC(=O)CCNC(C)c1ccccc1. The largest absolute Gasteiger partial charge is 0.354 e. The smallest absolute Gasteiger partial charge is 0.221 e. The predicted molar refractivity (Wildman–Crippen MR) is 70.8 cm³/mol. The van der Waals surface area contributed by atoms with Crippen LogP contribution in [-0.2, 0) is 4.79 Å². The molecule has 1 amide bonds. The molecule has 0 bridgehead atoms. The van der Waals surface area contributed by atoms with Gasteiger partial charge in [0.05, 0.1) is 0 Å². The summed E-state index contributed by atoms with van der Waals surface area (Å²) < 4.78 is 0. The topological polar surface area (TPSA) is 41.1 Å². The van der Waals surface area contributed by atoms with Crippen LogP contribution in [0.15, 0.2) is 30.3 Å². The summed E-state index contributed by atoms with van der Waals surface area (Å²) in [6.07, 6.45) is 0.523. The molecule has 3 heteroatoms. The average molecular weight is 234 g/mol. The van der Waals surface area contributed by atoms with Crippen LogP contribution in [0.25, 0.3) is 0 Å². The predicted octanol–water partition coefficient (Wildman–Crippen LogP) is 2.25. The van der Waals surface area contributed by atoms with Crippen molar-refractivity contribution in [1.82, 2.24) is 10.6 Å². The summed E-state index contributed by atoms with van der Waals surface area (Å²) in [4.78, 5) is 11.4. The van der Waals surface area contributed by atoms with E-state index in [0.717, 1.165) is 0 Å². The van der Waals surface area contributed by atoms with E-state index in [4.69, 9.17) is 0 Å². The van der Waals surface area contributed by atoms with Crippen molar-refractivity contribution >= 4 is 5.91 Å². The Hall–Kier alpha value is -1.35. The number of carbonyl (C=O) groups is 1.